The molecule has 3 N–H and O–H groups in total. The monoisotopic (exact) mass is 318 g/mol. The Morgan fingerprint density at radius 1 is 1.35 bits per heavy atom. The summed E-state index contributed by atoms with van der Waals surface area (Å²) in [7, 11) is 0. The third-order valence-corrected chi connectivity index (χ3v) is 3.35. The Bertz CT molecular complexity index is 354. The maximum atomic E-state index is 6.04. The molecule has 0 aromatic heterocycles. The zero-order valence-electron chi connectivity index (χ0n) is 10.6. The van der Waals surface area contributed by atoms with E-state index < -0.39 is 0 Å². The topological polar surface area (TPSA) is 38.0 Å². The normalized spacial score (nSPS) is 13.8. The maximum Gasteiger partial charge on any atom is 0.0461 e. The second-order valence-corrected chi connectivity index (χ2v) is 6.87. The SMILES string of the molecule is CC(C)(C)CCC(NN)c1cc(Cl)cc(Br)c1. The summed E-state index contributed by atoms with van der Waals surface area (Å²) in [5, 5.41) is 0.727. The highest BCUT2D eigenvalue weighted by Gasteiger charge is 2.16. The van der Waals surface area contributed by atoms with Crippen molar-refractivity contribution in [2.45, 2.75) is 39.7 Å². The first kappa shape index (κ1) is 15.0. The number of nitrogens with one attached hydrogen (secondary N) is 1. The van der Waals surface area contributed by atoms with Crippen LogP contribution >= 0.6 is 27.5 Å². The minimum Gasteiger partial charge on any atom is -0.271 e. The lowest BCUT2D eigenvalue weighted by Gasteiger charge is -2.23. The van der Waals surface area contributed by atoms with E-state index in [0.717, 1.165) is 27.9 Å². The van der Waals surface area contributed by atoms with Gasteiger partial charge in [0.1, 0.15) is 0 Å². The van der Waals surface area contributed by atoms with E-state index in [1.54, 1.807) is 0 Å². The van der Waals surface area contributed by atoms with Crippen LogP contribution in [-0.2, 0) is 0 Å². The molecule has 1 aromatic rings. The average Bonchev–Trinajstić information content (AvgIpc) is 2.15. The number of halogens is 2. The van der Waals surface area contributed by atoms with Crippen molar-refractivity contribution in [2.75, 3.05) is 0 Å². The molecule has 96 valence electrons. The van der Waals surface area contributed by atoms with E-state index in [4.69, 9.17) is 17.4 Å². The number of nitrogens with two attached hydrogens (primary N) is 1. The third-order valence-electron chi connectivity index (χ3n) is 2.67. The Morgan fingerprint density at radius 3 is 2.47 bits per heavy atom. The van der Waals surface area contributed by atoms with Gasteiger partial charge in [0.15, 0.2) is 0 Å². The zero-order valence-corrected chi connectivity index (χ0v) is 12.9. The van der Waals surface area contributed by atoms with E-state index in [0.29, 0.717) is 5.41 Å². The molecule has 0 aliphatic heterocycles. The van der Waals surface area contributed by atoms with Crippen molar-refractivity contribution in [3.63, 3.8) is 0 Å². The lowest BCUT2D eigenvalue weighted by Crippen LogP contribution is -2.29. The molecule has 0 amide bonds. The van der Waals surface area contributed by atoms with E-state index in [2.05, 4.69) is 48.2 Å². The Labute approximate surface area is 117 Å². The van der Waals surface area contributed by atoms with Crippen molar-refractivity contribution in [2.24, 2.45) is 11.3 Å². The summed E-state index contributed by atoms with van der Waals surface area (Å²) in [5.74, 6) is 5.63. The Hall–Kier alpha value is -0.0900. The molecule has 0 saturated carbocycles. The number of rotatable bonds is 4. The fraction of sp³-hybridized carbons (Fsp3) is 0.538. The quantitative estimate of drug-likeness (QED) is 0.636. The van der Waals surface area contributed by atoms with Crippen LogP contribution in [0.3, 0.4) is 0 Å². The van der Waals surface area contributed by atoms with Crippen LogP contribution in [0.15, 0.2) is 22.7 Å². The largest absolute Gasteiger partial charge is 0.271 e. The molecule has 1 unspecified atom stereocenters. The molecular formula is C13H20BrClN2. The van der Waals surface area contributed by atoms with Crippen LogP contribution in [0.4, 0.5) is 0 Å². The van der Waals surface area contributed by atoms with Gasteiger partial charge in [0, 0.05) is 15.5 Å². The van der Waals surface area contributed by atoms with Crippen LogP contribution in [0.25, 0.3) is 0 Å². The van der Waals surface area contributed by atoms with E-state index in [9.17, 15) is 0 Å². The molecule has 0 fully saturated rings. The van der Waals surface area contributed by atoms with Gasteiger partial charge in [-0.25, -0.2) is 0 Å². The van der Waals surface area contributed by atoms with Crippen LogP contribution in [0, 0.1) is 5.41 Å². The van der Waals surface area contributed by atoms with Crippen molar-refractivity contribution in [3.05, 3.63) is 33.3 Å². The highest BCUT2D eigenvalue weighted by Crippen LogP contribution is 2.29. The molecule has 0 heterocycles. The molecule has 0 bridgehead atoms. The van der Waals surface area contributed by atoms with Crippen LogP contribution < -0.4 is 11.3 Å². The molecule has 0 aliphatic carbocycles. The molecule has 17 heavy (non-hydrogen) atoms. The summed E-state index contributed by atoms with van der Waals surface area (Å²) in [5.41, 5.74) is 4.30. The van der Waals surface area contributed by atoms with E-state index >= 15 is 0 Å². The van der Waals surface area contributed by atoms with Crippen molar-refractivity contribution >= 4 is 27.5 Å². The molecule has 4 heteroatoms. The van der Waals surface area contributed by atoms with Crippen LogP contribution in [-0.4, -0.2) is 0 Å². The van der Waals surface area contributed by atoms with E-state index in [-0.39, 0.29) is 6.04 Å². The van der Waals surface area contributed by atoms with Crippen LogP contribution in [0.1, 0.15) is 45.2 Å². The first-order valence-electron chi connectivity index (χ1n) is 5.74. The molecule has 0 radical (unpaired) electrons. The minimum absolute atomic E-state index is 0.143. The Morgan fingerprint density at radius 2 is 2.00 bits per heavy atom. The Balaban J connectivity index is 2.79. The van der Waals surface area contributed by atoms with Crippen LogP contribution in [0.2, 0.25) is 5.02 Å². The fourth-order valence-corrected chi connectivity index (χ4v) is 2.59. The van der Waals surface area contributed by atoms with Gasteiger partial charge in [0.05, 0.1) is 0 Å². The summed E-state index contributed by atoms with van der Waals surface area (Å²) in [6.45, 7) is 6.69. The smallest absolute Gasteiger partial charge is 0.0461 e. The second kappa shape index (κ2) is 6.19. The van der Waals surface area contributed by atoms with E-state index in [1.165, 1.54) is 0 Å². The fourth-order valence-electron chi connectivity index (χ4n) is 1.70. The van der Waals surface area contributed by atoms with Crippen molar-refractivity contribution in [3.8, 4) is 0 Å². The average molecular weight is 320 g/mol. The van der Waals surface area contributed by atoms with Gasteiger partial charge in [-0.05, 0) is 42.0 Å². The molecular weight excluding hydrogens is 300 g/mol. The van der Waals surface area contributed by atoms with Gasteiger partial charge in [0.25, 0.3) is 0 Å². The molecule has 1 aromatic carbocycles. The van der Waals surface area contributed by atoms with Crippen molar-refractivity contribution in [1.29, 1.82) is 0 Å². The summed E-state index contributed by atoms with van der Waals surface area (Å²) in [6, 6.07) is 6.03. The molecule has 1 atom stereocenters. The Kier molecular flexibility index (Phi) is 5.45. The zero-order chi connectivity index (χ0) is 13.1. The lowest BCUT2D eigenvalue weighted by atomic mass is 9.87. The first-order valence-corrected chi connectivity index (χ1v) is 6.91. The number of benzene rings is 1. The number of hydrogen-bond donors (Lipinski definition) is 2. The molecule has 0 aliphatic rings. The summed E-state index contributed by atoms with van der Waals surface area (Å²) in [4.78, 5) is 0. The number of hydrogen-bond acceptors (Lipinski definition) is 2. The molecule has 1 rings (SSSR count). The second-order valence-electron chi connectivity index (χ2n) is 5.52. The van der Waals surface area contributed by atoms with Gasteiger partial charge < -0.3 is 0 Å². The van der Waals surface area contributed by atoms with Crippen LogP contribution in [0.5, 0.6) is 0 Å². The van der Waals surface area contributed by atoms with Gasteiger partial charge in [0.2, 0.25) is 0 Å². The summed E-state index contributed by atoms with van der Waals surface area (Å²) < 4.78 is 0.982. The van der Waals surface area contributed by atoms with E-state index in [1.807, 2.05) is 12.1 Å². The summed E-state index contributed by atoms with van der Waals surface area (Å²) in [6.07, 6.45) is 2.10. The lowest BCUT2D eigenvalue weighted by molar-refractivity contribution is 0.333. The van der Waals surface area contributed by atoms with Gasteiger partial charge >= 0.3 is 0 Å². The van der Waals surface area contributed by atoms with Crippen molar-refractivity contribution in [1.82, 2.24) is 5.43 Å². The third kappa shape index (κ3) is 5.38. The van der Waals surface area contributed by atoms with Gasteiger partial charge in [-0.15, -0.1) is 0 Å². The molecule has 2 nitrogen and oxygen atoms in total. The first-order chi connectivity index (χ1) is 7.81. The highest BCUT2D eigenvalue weighted by atomic mass is 79.9. The van der Waals surface area contributed by atoms with Gasteiger partial charge in [-0.1, -0.05) is 48.3 Å². The highest BCUT2D eigenvalue weighted by molar-refractivity contribution is 9.10. The predicted molar refractivity (Wildman–Crippen MR) is 77.9 cm³/mol. The molecule has 0 saturated heterocycles. The predicted octanol–water partition coefficient (Wildman–Crippen LogP) is 4.43. The maximum absolute atomic E-state index is 6.04. The van der Waals surface area contributed by atoms with Gasteiger partial charge in [-0.3, -0.25) is 11.3 Å². The number of hydrazine groups is 1. The minimum atomic E-state index is 0.143. The molecule has 0 spiro atoms. The summed E-state index contributed by atoms with van der Waals surface area (Å²) >= 11 is 9.49. The van der Waals surface area contributed by atoms with Gasteiger partial charge in [-0.2, -0.15) is 0 Å². The standard InChI is InChI=1S/C13H20BrClN2/c1-13(2,3)5-4-12(17-16)9-6-10(14)8-11(15)7-9/h6-8,12,17H,4-5,16H2,1-3H3. The van der Waals surface area contributed by atoms with Crippen molar-refractivity contribution < 1.29 is 0 Å².